The summed E-state index contributed by atoms with van der Waals surface area (Å²) in [5.74, 6) is -0.813. The fraction of sp³-hybridized carbons (Fsp3) is 0.444. The minimum absolute atomic E-state index is 0.160. The Bertz CT molecular complexity index is 786. The van der Waals surface area contributed by atoms with Gasteiger partial charge in [-0.15, -0.1) is 11.3 Å². The van der Waals surface area contributed by atoms with Gasteiger partial charge in [-0.25, -0.2) is 9.18 Å². The number of thiophene rings is 1. The zero-order valence-electron chi connectivity index (χ0n) is 13.8. The van der Waals surface area contributed by atoms with Gasteiger partial charge in [-0.1, -0.05) is 0 Å². The molecule has 1 atom stereocenters. The second-order valence-corrected chi connectivity index (χ2v) is 7.01. The molecule has 0 N–H and O–H groups in total. The van der Waals surface area contributed by atoms with Gasteiger partial charge in [0.1, 0.15) is 11.9 Å². The summed E-state index contributed by atoms with van der Waals surface area (Å²) in [6.07, 6.45) is 2.41. The molecule has 0 bridgehead atoms. The fourth-order valence-corrected chi connectivity index (χ4v) is 4.33. The van der Waals surface area contributed by atoms with Gasteiger partial charge < -0.3 is 9.64 Å². The number of aryl methyl sites for hydroxylation is 1. The van der Waals surface area contributed by atoms with E-state index in [0.29, 0.717) is 24.4 Å². The van der Waals surface area contributed by atoms with E-state index in [9.17, 15) is 14.0 Å². The molecule has 1 aliphatic heterocycles. The number of benzene rings is 1. The first-order valence-corrected chi connectivity index (χ1v) is 9.00. The number of nitrogens with zero attached hydrogens (tertiary/aromatic N) is 1. The molecule has 0 spiro atoms. The number of esters is 1. The molecule has 24 heavy (non-hydrogen) atoms. The maximum Gasteiger partial charge on any atom is 0.328 e. The summed E-state index contributed by atoms with van der Waals surface area (Å²) in [7, 11) is 0. The quantitative estimate of drug-likeness (QED) is 0.790. The van der Waals surface area contributed by atoms with Gasteiger partial charge in [-0.3, -0.25) is 4.79 Å². The SMILES string of the molecule is CCOC(=O)[C@@H]1CCCCN1C(=O)c1sc2ccc(F)cc2c1C. The van der Waals surface area contributed by atoms with Crippen LogP contribution < -0.4 is 0 Å². The Labute approximate surface area is 144 Å². The second kappa shape index (κ2) is 6.89. The lowest BCUT2D eigenvalue weighted by atomic mass is 10.0. The Hall–Kier alpha value is -1.95. The maximum atomic E-state index is 13.5. The number of amides is 1. The highest BCUT2D eigenvalue weighted by Gasteiger charge is 2.35. The minimum atomic E-state index is -0.521. The van der Waals surface area contributed by atoms with E-state index in [2.05, 4.69) is 0 Å². The number of carbonyl (C=O) groups is 2. The van der Waals surface area contributed by atoms with Gasteiger partial charge in [0.2, 0.25) is 0 Å². The molecule has 2 heterocycles. The lowest BCUT2D eigenvalue weighted by molar-refractivity contribution is -0.149. The molecule has 1 saturated heterocycles. The Morgan fingerprint density at radius 2 is 2.17 bits per heavy atom. The van der Waals surface area contributed by atoms with Crippen LogP contribution in [0.3, 0.4) is 0 Å². The van der Waals surface area contributed by atoms with E-state index >= 15 is 0 Å². The number of fused-ring (bicyclic) bond motifs is 1. The first-order valence-electron chi connectivity index (χ1n) is 8.19. The predicted octanol–water partition coefficient (Wildman–Crippen LogP) is 3.91. The van der Waals surface area contributed by atoms with Gasteiger partial charge in [0.25, 0.3) is 5.91 Å². The first kappa shape index (κ1) is 16.9. The van der Waals surface area contributed by atoms with E-state index in [0.717, 1.165) is 28.5 Å². The van der Waals surface area contributed by atoms with Gasteiger partial charge in [-0.2, -0.15) is 0 Å². The van der Waals surface area contributed by atoms with Crippen LogP contribution in [0.2, 0.25) is 0 Å². The molecule has 1 amide bonds. The summed E-state index contributed by atoms with van der Waals surface area (Å²) in [4.78, 5) is 27.4. The lowest BCUT2D eigenvalue weighted by Crippen LogP contribution is -2.48. The first-order chi connectivity index (χ1) is 11.5. The van der Waals surface area contributed by atoms with Crippen LogP contribution in [0.5, 0.6) is 0 Å². The smallest absolute Gasteiger partial charge is 0.328 e. The number of hydrogen-bond donors (Lipinski definition) is 0. The van der Waals surface area contributed by atoms with Gasteiger partial charge in [0.15, 0.2) is 0 Å². The molecule has 2 aromatic rings. The monoisotopic (exact) mass is 349 g/mol. The van der Waals surface area contributed by atoms with Crippen LogP contribution in [0.1, 0.15) is 41.4 Å². The summed E-state index contributed by atoms with van der Waals surface area (Å²) in [5.41, 5.74) is 0.771. The van der Waals surface area contributed by atoms with E-state index in [1.165, 1.54) is 23.5 Å². The summed E-state index contributed by atoms with van der Waals surface area (Å²) in [6.45, 7) is 4.44. The highest BCUT2D eigenvalue weighted by Crippen LogP contribution is 2.33. The number of halogens is 1. The molecule has 0 aliphatic carbocycles. The van der Waals surface area contributed by atoms with E-state index in [1.807, 2.05) is 6.92 Å². The average molecular weight is 349 g/mol. The third-order valence-corrected chi connectivity index (χ3v) is 5.68. The van der Waals surface area contributed by atoms with Crippen molar-refractivity contribution < 1.29 is 18.7 Å². The zero-order valence-corrected chi connectivity index (χ0v) is 14.6. The second-order valence-electron chi connectivity index (χ2n) is 5.96. The van der Waals surface area contributed by atoms with Crippen LogP contribution in [0, 0.1) is 12.7 Å². The number of rotatable bonds is 3. The highest BCUT2D eigenvalue weighted by atomic mass is 32.1. The molecule has 128 valence electrons. The molecule has 0 unspecified atom stereocenters. The molecule has 0 radical (unpaired) electrons. The van der Waals surface area contributed by atoms with Crippen molar-refractivity contribution in [3.8, 4) is 0 Å². The standard InChI is InChI=1S/C18H20FNO3S/c1-3-23-18(22)14-6-4-5-9-20(14)17(21)16-11(2)13-10-12(19)7-8-15(13)24-16/h7-8,10,14H,3-6,9H2,1-2H3/t14-/m0/s1. The Kier molecular flexibility index (Phi) is 4.85. The molecule has 1 fully saturated rings. The Morgan fingerprint density at radius 1 is 1.38 bits per heavy atom. The van der Waals surface area contributed by atoms with Crippen molar-refractivity contribution in [3.05, 3.63) is 34.5 Å². The molecule has 0 saturated carbocycles. The topological polar surface area (TPSA) is 46.6 Å². The van der Waals surface area contributed by atoms with Crippen LogP contribution in [0.4, 0.5) is 4.39 Å². The van der Waals surface area contributed by atoms with E-state index in [4.69, 9.17) is 4.74 Å². The molecule has 6 heteroatoms. The van der Waals surface area contributed by atoms with Crippen LogP contribution in [-0.4, -0.2) is 36.0 Å². The summed E-state index contributed by atoms with van der Waals surface area (Å²) in [6, 6.07) is 4.02. The Morgan fingerprint density at radius 3 is 2.92 bits per heavy atom. The van der Waals surface area contributed by atoms with E-state index < -0.39 is 6.04 Å². The maximum absolute atomic E-state index is 13.5. The van der Waals surface area contributed by atoms with Crippen LogP contribution in [0.15, 0.2) is 18.2 Å². The number of hydrogen-bond acceptors (Lipinski definition) is 4. The third kappa shape index (κ3) is 3.02. The van der Waals surface area contributed by atoms with Gasteiger partial charge in [-0.05, 0) is 62.3 Å². The van der Waals surface area contributed by atoms with Crippen LogP contribution in [0.25, 0.3) is 10.1 Å². The molecular weight excluding hydrogens is 329 g/mol. The highest BCUT2D eigenvalue weighted by molar-refractivity contribution is 7.21. The van der Waals surface area contributed by atoms with Crippen LogP contribution in [-0.2, 0) is 9.53 Å². The summed E-state index contributed by atoms with van der Waals surface area (Å²) >= 11 is 1.35. The van der Waals surface area contributed by atoms with Gasteiger partial charge in [0, 0.05) is 11.2 Å². The summed E-state index contributed by atoms with van der Waals surface area (Å²) < 4.78 is 19.5. The molecule has 3 rings (SSSR count). The number of piperidine rings is 1. The van der Waals surface area contributed by atoms with Crippen molar-refractivity contribution in [3.63, 3.8) is 0 Å². The van der Waals surface area contributed by atoms with Crippen molar-refractivity contribution in [2.45, 2.75) is 39.2 Å². The zero-order chi connectivity index (χ0) is 17.3. The Balaban J connectivity index is 1.94. The molecule has 1 aromatic carbocycles. The van der Waals surface area contributed by atoms with Gasteiger partial charge >= 0.3 is 5.97 Å². The fourth-order valence-electron chi connectivity index (χ4n) is 3.19. The van der Waals surface area contributed by atoms with Crippen molar-refractivity contribution in [1.82, 2.24) is 4.90 Å². The number of ether oxygens (including phenoxy) is 1. The largest absolute Gasteiger partial charge is 0.464 e. The molecule has 1 aliphatic rings. The normalized spacial score (nSPS) is 18.0. The van der Waals surface area contributed by atoms with Gasteiger partial charge in [0.05, 0.1) is 11.5 Å². The van der Waals surface area contributed by atoms with Crippen LogP contribution >= 0.6 is 11.3 Å². The third-order valence-electron chi connectivity index (χ3n) is 4.41. The number of likely N-dealkylation sites (tertiary alicyclic amines) is 1. The average Bonchev–Trinajstić information content (AvgIpc) is 2.91. The van der Waals surface area contributed by atoms with Crippen molar-refractivity contribution >= 4 is 33.3 Å². The molecule has 1 aromatic heterocycles. The van der Waals surface area contributed by atoms with Crippen molar-refractivity contribution in [2.24, 2.45) is 0 Å². The van der Waals surface area contributed by atoms with E-state index in [1.54, 1.807) is 17.9 Å². The lowest BCUT2D eigenvalue weighted by Gasteiger charge is -2.33. The summed E-state index contributed by atoms with van der Waals surface area (Å²) in [5, 5.41) is 0.757. The van der Waals surface area contributed by atoms with Crippen molar-refractivity contribution in [1.29, 1.82) is 0 Å². The predicted molar refractivity (Wildman–Crippen MR) is 91.8 cm³/mol. The van der Waals surface area contributed by atoms with E-state index in [-0.39, 0.29) is 17.7 Å². The molecular formula is C18H20FNO3S. The minimum Gasteiger partial charge on any atom is -0.464 e. The number of carbonyl (C=O) groups excluding carboxylic acids is 2. The molecule has 4 nitrogen and oxygen atoms in total. The van der Waals surface area contributed by atoms with Crippen molar-refractivity contribution in [2.75, 3.05) is 13.2 Å².